The minimum atomic E-state index is -0.126. The molecule has 3 N–H and O–H groups in total. The molecule has 0 aromatic heterocycles. The van der Waals surface area contributed by atoms with Crippen LogP contribution in [0, 0.1) is 0 Å². The summed E-state index contributed by atoms with van der Waals surface area (Å²) in [5.41, 5.74) is 0. The highest BCUT2D eigenvalue weighted by atomic mass is 32.2. The van der Waals surface area contributed by atoms with E-state index in [9.17, 15) is 0 Å². The smallest absolute Gasteiger partial charge is 0.0607 e. The van der Waals surface area contributed by atoms with Crippen molar-refractivity contribution in [2.75, 3.05) is 24.7 Å². The summed E-state index contributed by atoms with van der Waals surface area (Å²) in [4.78, 5) is 0. The van der Waals surface area contributed by atoms with Gasteiger partial charge < -0.3 is 15.5 Å². The molecular formula is C7H15NO2S. The van der Waals surface area contributed by atoms with Crippen molar-refractivity contribution in [3.8, 4) is 0 Å². The molecule has 1 aliphatic rings. The van der Waals surface area contributed by atoms with E-state index >= 15 is 0 Å². The van der Waals surface area contributed by atoms with Crippen LogP contribution in [0.25, 0.3) is 0 Å². The van der Waals surface area contributed by atoms with Gasteiger partial charge in [-0.1, -0.05) is 0 Å². The molecule has 0 aliphatic carbocycles. The van der Waals surface area contributed by atoms with E-state index in [2.05, 4.69) is 5.32 Å². The predicted molar refractivity (Wildman–Crippen MR) is 46.8 cm³/mol. The van der Waals surface area contributed by atoms with E-state index in [0.717, 1.165) is 12.2 Å². The van der Waals surface area contributed by atoms with Crippen molar-refractivity contribution in [3.05, 3.63) is 0 Å². The first kappa shape index (κ1) is 9.32. The summed E-state index contributed by atoms with van der Waals surface area (Å²) in [6, 6.07) is 0.364. The zero-order chi connectivity index (χ0) is 8.10. The number of hydrogen-bond acceptors (Lipinski definition) is 4. The lowest BCUT2D eigenvalue weighted by molar-refractivity contribution is 0.164. The summed E-state index contributed by atoms with van der Waals surface area (Å²) in [5, 5.41) is 20.7. The molecule has 1 rings (SSSR count). The van der Waals surface area contributed by atoms with E-state index in [1.807, 2.05) is 11.8 Å². The zero-order valence-corrected chi connectivity index (χ0v) is 7.31. The van der Waals surface area contributed by atoms with Gasteiger partial charge in [0.05, 0.1) is 19.3 Å². The van der Waals surface area contributed by atoms with Crippen LogP contribution in [0.4, 0.5) is 0 Å². The summed E-state index contributed by atoms with van der Waals surface area (Å²) in [5.74, 6) is 2.30. The van der Waals surface area contributed by atoms with Crippen LogP contribution in [0.2, 0.25) is 0 Å². The Morgan fingerprint density at radius 2 is 2.18 bits per heavy atom. The second-order valence-corrected chi connectivity index (χ2v) is 3.94. The minimum Gasteiger partial charge on any atom is -0.395 e. The van der Waals surface area contributed by atoms with Crippen LogP contribution in [0.3, 0.4) is 0 Å². The molecule has 0 amide bonds. The summed E-state index contributed by atoms with van der Waals surface area (Å²) < 4.78 is 0. The molecule has 3 nitrogen and oxygen atoms in total. The fourth-order valence-electron chi connectivity index (χ4n) is 1.16. The van der Waals surface area contributed by atoms with Gasteiger partial charge in [-0.3, -0.25) is 0 Å². The molecule has 66 valence electrons. The van der Waals surface area contributed by atoms with Gasteiger partial charge in [0.15, 0.2) is 0 Å². The number of nitrogens with one attached hydrogen (secondary N) is 1. The highest BCUT2D eigenvalue weighted by molar-refractivity contribution is 7.99. The Kier molecular flexibility index (Phi) is 4.22. The van der Waals surface area contributed by atoms with Crippen LogP contribution in [-0.2, 0) is 0 Å². The Labute approximate surface area is 71.2 Å². The number of aliphatic hydroxyl groups is 2. The Hall–Kier alpha value is 0.230. The molecule has 1 unspecified atom stereocenters. The maximum absolute atomic E-state index is 8.76. The number of hydrogen-bond donors (Lipinski definition) is 3. The third-order valence-corrected chi connectivity index (χ3v) is 3.00. The molecule has 0 bridgehead atoms. The first-order valence-corrected chi connectivity index (χ1v) is 5.07. The molecule has 0 aromatic carbocycles. The van der Waals surface area contributed by atoms with E-state index in [4.69, 9.17) is 10.2 Å². The molecule has 0 aromatic rings. The minimum absolute atomic E-state index is 0.0255. The molecule has 11 heavy (non-hydrogen) atoms. The SMILES string of the molecule is OCC(CO)NC1CCSC1. The Bertz CT molecular complexity index is 103. The molecule has 1 fully saturated rings. The third-order valence-electron chi connectivity index (χ3n) is 1.84. The van der Waals surface area contributed by atoms with Gasteiger partial charge in [0.2, 0.25) is 0 Å². The number of thioether (sulfide) groups is 1. The maximum atomic E-state index is 8.76. The quantitative estimate of drug-likeness (QED) is 0.538. The van der Waals surface area contributed by atoms with Gasteiger partial charge in [-0.05, 0) is 12.2 Å². The predicted octanol–water partition coefficient (Wildman–Crippen LogP) is -0.565. The second-order valence-electron chi connectivity index (χ2n) is 2.79. The molecule has 0 saturated carbocycles. The summed E-state index contributed by atoms with van der Waals surface area (Å²) >= 11 is 1.92. The van der Waals surface area contributed by atoms with Crippen LogP contribution >= 0.6 is 11.8 Å². The molecule has 4 heteroatoms. The van der Waals surface area contributed by atoms with Crippen molar-refractivity contribution in [1.29, 1.82) is 0 Å². The van der Waals surface area contributed by atoms with Gasteiger partial charge in [-0.2, -0.15) is 11.8 Å². The highest BCUT2D eigenvalue weighted by Gasteiger charge is 2.18. The normalized spacial score (nSPS) is 24.8. The first-order chi connectivity index (χ1) is 5.36. The average molecular weight is 177 g/mol. The van der Waals surface area contributed by atoms with Gasteiger partial charge in [0.1, 0.15) is 0 Å². The van der Waals surface area contributed by atoms with Crippen molar-refractivity contribution >= 4 is 11.8 Å². The standard InChI is InChI=1S/C7H15NO2S/c9-3-7(4-10)8-6-1-2-11-5-6/h6-10H,1-5H2. The van der Waals surface area contributed by atoms with Gasteiger partial charge >= 0.3 is 0 Å². The maximum Gasteiger partial charge on any atom is 0.0607 e. The van der Waals surface area contributed by atoms with Gasteiger partial charge in [-0.15, -0.1) is 0 Å². The van der Waals surface area contributed by atoms with Crippen molar-refractivity contribution in [2.24, 2.45) is 0 Å². The van der Waals surface area contributed by atoms with Crippen LogP contribution in [-0.4, -0.2) is 47.0 Å². The molecule has 1 heterocycles. The van der Waals surface area contributed by atoms with Crippen molar-refractivity contribution in [2.45, 2.75) is 18.5 Å². The molecule has 0 radical (unpaired) electrons. The molecule has 1 atom stereocenters. The lowest BCUT2D eigenvalue weighted by Gasteiger charge is -2.17. The summed E-state index contributed by atoms with van der Waals surface area (Å²) in [6.45, 7) is 0.0509. The summed E-state index contributed by atoms with van der Waals surface area (Å²) in [6.07, 6.45) is 1.15. The monoisotopic (exact) mass is 177 g/mol. The van der Waals surface area contributed by atoms with E-state index in [1.165, 1.54) is 5.75 Å². The van der Waals surface area contributed by atoms with E-state index in [1.54, 1.807) is 0 Å². The first-order valence-electron chi connectivity index (χ1n) is 3.92. The van der Waals surface area contributed by atoms with E-state index in [-0.39, 0.29) is 19.3 Å². The zero-order valence-electron chi connectivity index (χ0n) is 6.49. The Morgan fingerprint density at radius 1 is 1.45 bits per heavy atom. The Balaban J connectivity index is 2.16. The topological polar surface area (TPSA) is 52.5 Å². The Morgan fingerprint density at radius 3 is 2.64 bits per heavy atom. The number of aliphatic hydroxyl groups excluding tert-OH is 2. The van der Waals surface area contributed by atoms with Crippen LogP contribution < -0.4 is 5.32 Å². The molecule has 1 saturated heterocycles. The van der Waals surface area contributed by atoms with Crippen molar-refractivity contribution in [3.63, 3.8) is 0 Å². The van der Waals surface area contributed by atoms with Crippen LogP contribution in [0.5, 0.6) is 0 Å². The van der Waals surface area contributed by atoms with E-state index < -0.39 is 0 Å². The van der Waals surface area contributed by atoms with Crippen molar-refractivity contribution in [1.82, 2.24) is 5.32 Å². The highest BCUT2D eigenvalue weighted by Crippen LogP contribution is 2.17. The van der Waals surface area contributed by atoms with Gasteiger partial charge in [0.25, 0.3) is 0 Å². The largest absolute Gasteiger partial charge is 0.395 e. The third kappa shape index (κ3) is 2.99. The fourth-order valence-corrected chi connectivity index (χ4v) is 2.33. The lowest BCUT2D eigenvalue weighted by atomic mass is 10.2. The molecule has 1 aliphatic heterocycles. The van der Waals surface area contributed by atoms with Gasteiger partial charge in [0, 0.05) is 11.8 Å². The summed E-state index contributed by atoms with van der Waals surface area (Å²) in [7, 11) is 0. The van der Waals surface area contributed by atoms with Crippen LogP contribution in [0.1, 0.15) is 6.42 Å². The van der Waals surface area contributed by atoms with Crippen LogP contribution in [0.15, 0.2) is 0 Å². The molecule has 0 spiro atoms. The average Bonchev–Trinajstić information content (AvgIpc) is 2.52. The second kappa shape index (κ2) is 4.98. The van der Waals surface area contributed by atoms with Crippen molar-refractivity contribution < 1.29 is 10.2 Å². The lowest BCUT2D eigenvalue weighted by Crippen LogP contribution is -2.42. The van der Waals surface area contributed by atoms with Gasteiger partial charge in [-0.25, -0.2) is 0 Å². The molecular weight excluding hydrogens is 162 g/mol. The van der Waals surface area contributed by atoms with E-state index in [0.29, 0.717) is 6.04 Å². The number of rotatable bonds is 4. The fraction of sp³-hybridized carbons (Fsp3) is 1.00.